The van der Waals surface area contributed by atoms with Gasteiger partial charge in [-0.15, -0.1) is 0 Å². The summed E-state index contributed by atoms with van der Waals surface area (Å²) in [5, 5.41) is 15.1. The smallest absolute Gasteiger partial charge is 0.408 e. The fourth-order valence-electron chi connectivity index (χ4n) is 2.87. The summed E-state index contributed by atoms with van der Waals surface area (Å²) >= 11 is 3.98. The van der Waals surface area contributed by atoms with Gasteiger partial charge in [-0.3, -0.25) is 4.79 Å². The van der Waals surface area contributed by atoms with Crippen LogP contribution in [-0.4, -0.2) is 23.1 Å². The molecule has 0 saturated heterocycles. The third-order valence-corrected chi connectivity index (χ3v) is 6.11. The predicted octanol–water partition coefficient (Wildman–Crippen LogP) is 5.22. The van der Waals surface area contributed by atoms with Crippen molar-refractivity contribution in [2.24, 2.45) is 0 Å². The molecular weight excluding hydrogens is 641 g/mol. The second-order valence-corrected chi connectivity index (χ2v) is 9.16. The lowest BCUT2D eigenvalue weighted by molar-refractivity contribution is -0.118. The Morgan fingerprint density at radius 2 is 1.59 bits per heavy atom. The van der Waals surface area contributed by atoms with Crippen LogP contribution in [-0.2, 0) is 22.6 Å². The van der Waals surface area contributed by atoms with Crippen molar-refractivity contribution in [2.45, 2.75) is 19.1 Å². The number of amides is 2. The Kier molecular flexibility index (Phi) is 8.67. The van der Waals surface area contributed by atoms with Crippen LogP contribution in [0.2, 0.25) is 0 Å². The zero-order valence-electron chi connectivity index (χ0n) is 16.6. The minimum absolute atomic E-state index is 0.0109. The topological polar surface area (TPSA) is 87.7 Å². The fraction of sp³-hybridized carbons (Fsp3) is 0.130. The minimum Gasteiger partial charge on any atom is -0.506 e. The van der Waals surface area contributed by atoms with E-state index in [0.29, 0.717) is 12.7 Å². The number of hydrogen-bond acceptors (Lipinski definition) is 4. The Morgan fingerprint density at radius 3 is 2.25 bits per heavy atom. The molecule has 3 rings (SSSR count). The summed E-state index contributed by atoms with van der Waals surface area (Å²) in [6, 6.07) is 17.3. The fourth-order valence-corrected chi connectivity index (χ4v) is 4.77. The van der Waals surface area contributed by atoms with Gasteiger partial charge in [0.05, 0.1) is 12.8 Å². The van der Waals surface area contributed by atoms with Crippen molar-refractivity contribution in [1.29, 1.82) is 0 Å². The van der Waals surface area contributed by atoms with Gasteiger partial charge in [0.25, 0.3) is 0 Å². The molecule has 0 heterocycles. The molecule has 2 amide bonds. The van der Waals surface area contributed by atoms with Crippen LogP contribution >= 0.6 is 45.2 Å². The number of benzene rings is 3. The lowest BCUT2D eigenvalue weighted by Crippen LogP contribution is -2.45. The number of nitrogens with one attached hydrogen (secondary N) is 2. The zero-order valence-corrected chi connectivity index (χ0v) is 21.0. The van der Waals surface area contributed by atoms with Gasteiger partial charge in [-0.1, -0.05) is 42.5 Å². The van der Waals surface area contributed by atoms with Crippen LogP contribution in [0.3, 0.4) is 0 Å². The van der Waals surface area contributed by atoms with Crippen LogP contribution in [0.5, 0.6) is 5.75 Å². The molecule has 32 heavy (non-hydrogen) atoms. The molecular formula is C23H19FI2N2O4. The lowest BCUT2D eigenvalue weighted by atomic mass is 10.0. The molecule has 0 radical (unpaired) electrons. The van der Waals surface area contributed by atoms with Crippen LogP contribution in [0, 0.1) is 13.0 Å². The van der Waals surface area contributed by atoms with Gasteiger partial charge < -0.3 is 20.5 Å². The van der Waals surface area contributed by atoms with E-state index >= 15 is 0 Å². The highest BCUT2D eigenvalue weighted by Gasteiger charge is 2.24. The number of aromatic hydroxyl groups is 1. The summed E-state index contributed by atoms with van der Waals surface area (Å²) in [5.41, 5.74) is 1.53. The maximum absolute atomic E-state index is 14.0. The zero-order chi connectivity index (χ0) is 23.1. The normalized spacial score (nSPS) is 11.5. The first-order valence-corrected chi connectivity index (χ1v) is 11.7. The molecule has 3 N–H and O–H groups in total. The van der Waals surface area contributed by atoms with Gasteiger partial charge in [0, 0.05) is 6.42 Å². The number of alkyl carbamates (subject to hydrolysis) is 1. The van der Waals surface area contributed by atoms with Gasteiger partial charge >= 0.3 is 6.09 Å². The van der Waals surface area contributed by atoms with E-state index in [-0.39, 0.29) is 24.5 Å². The second kappa shape index (κ2) is 11.5. The summed E-state index contributed by atoms with van der Waals surface area (Å²) in [6.07, 6.45) is -0.654. The van der Waals surface area contributed by atoms with Crippen molar-refractivity contribution in [2.75, 3.05) is 5.32 Å². The monoisotopic (exact) mass is 660 g/mol. The first kappa shape index (κ1) is 24.2. The Hall–Kier alpha value is -2.41. The molecule has 0 bridgehead atoms. The molecule has 3 aromatic rings. The maximum Gasteiger partial charge on any atom is 0.408 e. The van der Waals surface area contributed by atoms with E-state index in [1.54, 1.807) is 18.2 Å². The Bertz CT molecular complexity index is 1090. The lowest BCUT2D eigenvalue weighted by Gasteiger charge is -2.19. The largest absolute Gasteiger partial charge is 0.506 e. The third kappa shape index (κ3) is 6.79. The molecule has 9 heteroatoms. The first-order chi connectivity index (χ1) is 15.3. The quantitative estimate of drug-likeness (QED) is 0.304. The Labute approximate surface area is 211 Å². The summed E-state index contributed by atoms with van der Waals surface area (Å²) in [4.78, 5) is 25.3. The third-order valence-electron chi connectivity index (χ3n) is 4.47. The van der Waals surface area contributed by atoms with E-state index in [1.165, 1.54) is 18.2 Å². The minimum atomic E-state index is -1.03. The van der Waals surface area contributed by atoms with Crippen LogP contribution in [0.1, 0.15) is 11.1 Å². The first-order valence-electron chi connectivity index (χ1n) is 9.53. The maximum atomic E-state index is 14.0. The van der Waals surface area contributed by atoms with Gasteiger partial charge in [-0.25, -0.2) is 9.18 Å². The van der Waals surface area contributed by atoms with Gasteiger partial charge in [-0.05, 0) is 80.6 Å². The van der Waals surface area contributed by atoms with Crippen molar-refractivity contribution in [3.63, 3.8) is 0 Å². The SMILES string of the molecule is O=C(N[C@H](Cc1cc(I)c(O)c(I)c1)C(=O)Nc1ccccc1F)OCc1ccccc1. The highest BCUT2D eigenvalue weighted by molar-refractivity contribution is 14.1. The molecule has 166 valence electrons. The second-order valence-electron chi connectivity index (χ2n) is 6.84. The van der Waals surface area contributed by atoms with Crippen LogP contribution in [0.25, 0.3) is 0 Å². The van der Waals surface area contributed by atoms with Crippen LogP contribution < -0.4 is 10.6 Å². The number of para-hydroxylation sites is 1. The van der Waals surface area contributed by atoms with Gasteiger partial charge in [0.2, 0.25) is 5.91 Å². The number of ether oxygens (including phenoxy) is 1. The summed E-state index contributed by atoms with van der Waals surface area (Å²) < 4.78 is 20.5. The average molecular weight is 660 g/mol. The highest BCUT2D eigenvalue weighted by atomic mass is 127. The van der Waals surface area contributed by atoms with Crippen molar-refractivity contribution in [1.82, 2.24) is 5.32 Å². The molecule has 6 nitrogen and oxygen atoms in total. The average Bonchev–Trinajstić information content (AvgIpc) is 2.78. The van der Waals surface area contributed by atoms with E-state index in [4.69, 9.17) is 4.74 Å². The van der Waals surface area contributed by atoms with E-state index in [1.807, 2.05) is 75.5 Å². The van der Waals surface area contributed by atoms with Crippen molar-refractivity contribution in [3.05, 3.63) is 90.8 Å². The number of carbonyl (C=O) groups excluding carboxylic acids is 2. The van der Waals surface area contributed by atoms with E-state index in [9.17, 15) is 19.1 Å². The van der Waals surface area contributed by atoms with Crippen molar-refractivity contribution in [3.8, 4) is 5.75 Å². The number of hydrogen-bond donors (Lipinski definition) is 3. The number of rotatable bonds is 7. The van der Waals surface area contributed by atoms with Crippen molar-refractivity contribution < 1.29 is 23.8 Å². The van der Waals surface area contributed by atoms with E-state index < -0.39 is 23.9 Å². The molecule has 0 unspecified atom stereocenters. The Morgan fingerprint density at radius 1 is 0.969 bits per heavy atom. The van der Waals surface area contributed by atoms with E-state index in [2.05, 4.69) is 10.6 Å². The van der Waals surface area contributed by atoms with Crippen LogP contribution in [0.15, 0.2) is 66.7 Å². The number of anilines is 1. The van der Waals surface area contributed by atoms with Gasteiger partial charge in [-0.2, -0.15) is 0 Å². The highest BCUT2D eigenvalue weighted by Crippen LogP contribution is 2.28. The van der Waals surface area contributed by atoms with E-state index in [0.717, 1.165) is 5.56 Å². The molecule has 1 atom stereocenters. The summed E-state index contributed by atoms with van der Waals surface area (Å²) in [6.45, 7) is 0.0450. The molecule has 0 spiro atoms. The molecule has 0 aliphatic carbocycles. The number of phenols is 1. The van der Waals surface area contributed by atoms with Gasteiger partial charge in [0.15, 0.2) is 0 Å². The summed E-state index contributed by atoms with van der Waals surface area (Å²) in [5.74, 6) is -1.03. The predicted molar refractivity (Wildman–Crippen MR) is 136 cm³/mol. The molecule has 0 aromatic heterocycles. The molecule has 0 aliphatic heterocycles. The summed E-state index contributed by atoms with van der Waals surface area (Å²) in [7, 11) is 0. The number of phenolic OH excluding ortho intramolecular Hbond substituents is 1. The molecule has 0 fully saturated rings. The molecule has 0 saturated carbocycles. The number of carbonyl (C=O) groups is 2. The number of halogens is 3. The van der Waals surface area contributed by atoms with Gasteiger partial charge in [0.1, 0.15) is 24.2 Å². The van der Waals surface area contributed by atoms with Crippen molar-refractivity contribution >= 4 is 62.9 Å². The molecule has 0 aliphatic rings. The van der Waals surface area contributed by atoms with Crippen LogP contribution in [0.4, 0.5) is 14.9 Å². The molecule has 3 aromatic carbocycles. The Balaban J connectivity index is 1.75. The standard InChI is InChI=1S/C23H19FI2N2O4/c24-16-8-4-5-9-19(16)27-22(30)20(12-15-10-17(25)21(29)18(26)11-15)28-23(31)32-13-14-6-2-1-3-7-14/h1-11,20,29H,12-13H2,(H,27,30)(H,28,31)/t20-/m1/s1.